The Balaban J connectivity index is 1.70. The Kier molecular flexibility index (Phi) is 2.86. The van der Waals surface area contributed by atoms with Gasteiger partial charge in [-0.3, -0.25) is 9.55 Å². The summed E-state index contributed by atoms with van der Waals surface area (Å²) in [5.74, 6) is 2.07. The van der Waals surface area contributed by atoms with E-state index in [4.69, 9.17) is 0 Å². The Labute approximate surface area is 139 Å². The van der Waals surface area contributed by atoms with Gasteiger partial charge in [0.25, 0.3) is 0 Å². The minimum atomic E-state index is -0.204. The molecule has 0 bridgehead atoms. The van der Waals surface area contributed by atoms with Crippen LogP contribution in [0.1, 0.15) is 41.5 Å². The molecule has 0 spiro atoms. The summed E-state index contributed by atoms with van der Waals surface area (Å²) < 4.78 is 16.9. The Morgan fingerprint density at radius 3 is 2.83 bits per heavy atom. The van der Waals surface area contributed by atoms with Gasteiger partial charge in [-0.15, -0.1) is 10.2 Å². The summed E-state index contributed by atoms with van der Waals surface area (Å²) in [6.07, 6.45) is 7.68. The van der Waals surface area contributed by atoms with E-state index in [2.05, 4.69) is 15.2 Å². The number of nitrogens with zero attached hydrogens (tertiary/aromatic N) is 4. The molecule has 3 aromatic rings. The number of hydrogen-bond donors (Lipinski definition) is 0. The van der Waals surface area contributed by atoms with Crippen LogP contribution >= 0.6 is 0 Å². The molecule has 0 saturated heterocycles. The van der Waals surface area contributed by atoms with Gasteiger partial charge in [0.2, 0.25) is 0 Å². The molecular formula is C19H17FN4. The highest BCUT2D eigenvalue weighted by Gasteiger charge is 2.28. The molecule has 0 radical (unpaired) electrons. The van der Waals surface area contributed by atoms with Gasteiger partial charge in [0.15, 0.2) is 0 Å². The molecule has 5 rings (SSSR count). The maximum absolute atomic E-state index is 15.0. The van der Waals surface area contributed by atoms with Gasteiger partial charge < -0.3 is 0 Å². The number of fused-ring (bicyclic) bond motifs is 3. The van der Waals surface area contributed by atoms with Crippen LogP contribution in [0, 0.1) is 12.7 Å². The average Bonchev–Trinajstić information content (AvgIpc) is 3.37. The van der Waals surface area contributed by atoms with E-state index in [0.717, 1.165) is 41.3 Å². The number of hydrogen-bond acceptors (Lipinski definition) is 3. The molecule has 0 unspecified atom stereocenters. The predicted octanol–water partition coefficient (Wildman–Crippen LogP) is 3.75. The molecule has 3 heterocycles. The summed E-state index contributed by atoms with van der Waals surface area (Å²) >= 11 is 0. The smallest absolute Gasteiger partial charge is 0.137 e. The highest BCUT2D eigenvalue weighted by molar-refractivity contribution is 5.71. The minimum Gasteiger partial charge on any atom is -0.283 e. The summed E-state index contributed by atoms with van der Waals surface area (Å²) in [5.41, 5.74) is 4.84. The predicted molar refractivity (Wildman–Crippen MR) is 88.7 cm³/mol. The van der Waals surface area contributed by atoms with Crippen molar-refractivity contribution in [1.29, 1.82) is 0 Å². The molecule has 1 aliphatic carbocycles. The molecule has 0 amide bonds. The number of rotatable bonds is 2. The first-order chi connectivity index (χ1) is 11.7. The fraction of sp³-hybridized carbons (Fsp3) is 0.316. The third-order valence-corrected chi connectivity index (χ3v) is 5.08. The second-order valence-corrected chi connectivity index (χ2v) is 6.70. The van der Waals surface area contributed by atoms with Gasteiger partial charge in [0.05, 0.1) is 5.69 Å². The lowest BCUT2D eigenvalue weighted by atomic mass is 9.93. The van der Waals surface area contributed by atoms with Crippen LogP contribution in [0.3, 0.4) is 0 Å². The van der Waals surface area contributed by atoms with E-state index in [9.17, 15) is 4.39 Å². The van der Waals surface area contributed by atoms with Crippen molar-refractivity contribution < 1.29 is 4.39 Å². The summed E-state index contributed by atoms with van der Waals surface area (Å²) in [6.45, 7) is 1.91. The molecule has 4 nitrogen and oxygen atoms in total. The first-order valence-electron chi connectivity index (χ1n) is 8.40. The fourth-order valence-corrected chi connectivity index (χ4v) is 3.73. The zero-order valence-corrected chi connectivity index (χ0v) is 13.5. The fourth-order valence-electron chi connectivity index (χ4n) is 3.73. The summed E-state index contributed by atoms with van der Waals surface area (Å²) in [6, 6.07) is 5.66. The van der Waals surface area contributed by atoms with Crippen LogP contribution < -0.4 is 0 Å². The van der Waals surface area contributed by atoms with Crippen LogP contribution in [-0.4, -0.2) is 19.7 Å². The third-order valence-electron chi connectivity index (χ3n) is 5.08. The molecule has 1 aliphatic heterocycles. The molecule has 1 fully saturated rings. The van der Waals surface area contributed by atoms with Gasteiger partial charge in [0, 0.05) is 29.9 Å². The molecule has 0 N–H and O–H groups in total. The summed E-state index contributed by atoms with van der Waals surface area (Å²) in [5, 5.41) is 8.32. The van der Waals surface area contributed by atoms with Crippen LogP contribution in [0.4, 0.5) is 4.39 Å². The second kappa shape index (κ2) is 4.97. The van der Waals surface area contributed by atoms with Gasteiger partial charge in [-0.05, 0) is 61.4 Å². The molecule has 0 atom stereocenters. The lowest BCUT2D eigenvalue weighted by Crippen LogP contribution is -2.14. The van der Waals surface area contributed by atoms with E-state index in [1.54, 1.807) is 18.5 Å². The quantitative estimate of drug-likeness (QED) is 0.722. The Bertz CT molecular complexity index is 956. The van der Waals surface area contributed by atoms with Gasteiger partial charge in [-0.25, -0.2) is 4.39 Å². The van der Waals surface area contributed by atoms with E-state index in [1.807, 2.05) is 23.6 Å². The highest BCUT2D eigenvalue weighted by atomic mass is 19.1. The molecule has 5 heteroatoms. The number of pyridine rings is 1. The van der Waals surface area contributed by atoms with Crippen LogP contribution in [0.5, 0.6) is 0 Å². The second-order valence-electron chi connectivity index (χ2n) is 6.70. The molecule has 1 saturated carbocycles. The lowest BCUT2D eigenvalue weighted by molar-refractivity contribution is 0.625. The van der Waals surface area contributed by atoms with Crippen LogP contribution in [-0.2, 0) is 12.8 Å². The van der Waals surface area contributed by atoms with Gasteiger partial charge >= 0.3 is 0 Å². The molecule has 2 aromatic heterocycles. The van der Waals surface area contributed by atoms with Crippen molar-refractivity contribution in [2.45, 2.75) is 38.5 Å². The van der Waals surface area contributed by atoms with Gasteiger partial charge in [-0.1, -0.05) is 0 Å². The van der Waals surface area contributed by atoms with Crippen molar-refractivity contribution in [3.63, 3.8) is 0 Å². The summed E-state index contributed by atoms with van der Waals surface area (Å²) in [4.78, 5) is 4.23. The van der Waals surface area contributed by atoms with Crippen molar-refractivity contribution >= 4 is 0 Å². The van der Waals surface area contributed by atoms with Crippen molar-refractivity contribution in [3.05, 3.63) is 59.2 Å². The minimum absolute atomic E-state index is 0.204. The van der Waals surface area contributed by atoms with Crippen molar-refractivity contribution in [3.8, 4) is 16.8 Å². The maximum atomic E-state index is 15.0. The Morgan fingerprint density at radius 1 is 1.12 bits per heavy atom. The van der Waals surface area contributed by atoms with Gasteiger partial charge in [-0.2, -0.15) is 0 Å². The highest BCUT2D eigenvalue weighted by Crippen LogP contribution is 2.45. The largest absolute Gasteiger partial charge is 0.283 e. The van der Waals surface area contributed by atoms with Crippen LogP contribution in [0.2, 0.25) is 0 Å². The third kappa shape index (κ3) is 2.00. The van der Waals surface area contributed by atoms with E-state index < -0.39 is 0 Å². The monoisotopic (exact) mass is 320 g/mol. The maximum Gasteiger partial charge on any atom is 0.137 e. The van der Waals surface area contributed by atoms with E-state index in [0.29, 0.717) is 11.5 Å². The molecule has 24 heavy (non-hydrogen) atoms. The van der Waals surface area contributed by atoms with Crippen molar-refractivity contribution in [2.24, 2.45) is 0 Å². The Morgan fingerprint density at radius 2 is 2.00 bits per heavy atom. The standard InChI is InChI=1S/C19H17FN4/c1-11-22-23-19-5-4-13-8-15(17(20)9-18(13)24(11)19)16-10-21-7-6-14(16)12-2-3-12/h6-10,12H,2-5H2,1H3. The molecular weight excluding hydrogens is 303 g/mol. The zero-order valence-electron chi connectivity index (χ0n) is 13.5. The molecule has 120 valence electrons. The van der Waals surface area contributed by atoms with E-state index >= 15 is 0 Å². The molecule has 1 aromatic carbocycles. The van der Waals surface area contributed by atoms with Crippen LogP contribution in [0.25, 0.3) is 16.8 Å². The number of halogens is 1. The van der Waals surface area contributed by atoms with Crippen molar-refractivity contribution in [1.82, 2.24) is 19.7 Å². The Hall–Kier alpha value is -2.56. The van der Waals surface area contributed by atoms with E-state index in [-0.39, 0.29) is 5.82 Å². The topological polar surface area (TPSA) is 43.6 Å². The lowest BCUT2D eigenvalue weighted by Gasteiger charge is -2.21. The average molecular weight is 320 g/mol. The number of benzene rings is 1. The zero-order chi connectivity index (χ0) is 16.3. The first-order valence-corrected chi connectivity index (χ1v) is 8.40. The normalized spacial score (nSPS) is 15.9. The SMILES string of the molecule is Cc1nnc2n1-c1cc(F)c(-c3cnccc3C3CC3)cc1CC2. The van der Waals surface area contributed by atoms with Crippen molar-refractivity contribution in [2.75, 3.05) is 0 Å². The van der Waals surface area contributed by atoms with E-state index in [1.165, 1.54) is 18.4 Å². The van der Waals surface area contributed by atoms with Gasteiger partial charge in [0.1, 0.15) is 17.5 Å². The number of aromatic nitrogens is 4. The number of aryl methyl sites for hydroxylation is 3. The van der Waals surface area contributed by atoms with Crippen LogP contribution in [0.15, 0.2) is 30.6 Å². The molecule has 2 aliphatic rings. The summed E-state index contributed by atoms with van der Waals surface area (Å²) in [7, 11) is 0. The first kappa shape index (κ1) is 13.8.